The van der Waals surface area contributed by atoms with Crippen LogP contribution in [0.4, 0.5) is 5.13 Å². The molecule has 34 heavy (non-hydrogen) atoms. The lowest BCUT2D eigenvalue weighted by molar-refractivity contribution is -0.123. The van der Waals surface area contributed by atoms with Crippen LogP contribution in [-0.2, 0) is 19.6 Å². The molecule has 1 amide bonds. The minimum atomic E-state index is -3.75. The Morgan fingerprint density at radius 2 is 2.12 bits per heavy atom. The summed E-state index contributed by atoms with van der Waals surface area (Å²) in [6.07, 6.45) is 3.74. The van der Waals surface area contributed by atoms with Crippen molar-refractivity contribution in [2.45, 2.75) is 55.4 Å². The Labute approximate surface area is 212 Å². The Morgan fingerprint density at radius 1 is 1.26 bits per heavy atom. The topological polar surface area (TPSA) is 79.8 Å². The fourth-order valence-corrected chi connectivity index (χ4v) is 8.57. The number of benzene rings is 1. The monoisotopic (exact) mass is 539 g/mol. The molecule has 182 valence electrons. The van der Waals surface area contributed by atoms with Crippen LogP contribution in [0, 0.1) is 6.92 Å². The fourth-order valence-electron chi connectivity index (χ4n) is 4.60. The van der Waals surface area contributed by atoms with E-state index >= 15 is 0 Å². The highest BCUT2D eigenvalue weighted by molar-refractivity contribution is 7.91. The van der Waals surface area contributed by atoms with Gasteiger partial charge < -0.3 is 4.74 Å². The number of amides is 1. The third-order valence-electron chi connectivity index (χ3n) is 6.44. The van der Waals surface area contributed by atoms with Crippen LogP contribution in [0.25, 0.3) is 10.2 Å². The van der Waals surface area contributed by atoms with E-state index in [-0.39, 0.29) is 16.2 Å². The number of hydrogen-bond acceptors (Lipinski definition) is 7. The Kier molecular flexibility index (Phi) is 6.98. The number of piperidine rings is 1. The number of fused-ring (bicyclic) bond motifs is 1. The minimum absolute atomic E-state index is 0.0911. The van der Waals surface area contributed by atoms with E-state index in [2.05, 4.69) is 0 Å². The van der Waals surface area contributed by atoms with Gasteiger partial charge in [0.05, 0.1) is 22.9 Å². The Balaban J connectivity index is 1.52. The maximum Gasteiger partial charge on any atom is 0.253 e. The summed E-state index contributed by atoms with van der Waals surface area (Å²) in [7, 11) is -3.75. The molecule has 2 fully saturated rings. The number of aryl methyl sites for hydroxylation is 1. The zero-order valence-electron chi connectivity index (χ0n) is 18.8. The SMILES string of the molecule is Cc1c(Cl)ccc2sc(N(CC3CCCO3)C(=O)C3CCCCN3S(=O)(=O)c3cccs3)nc12. The van der Waals surface area contributed by atoms with Crippen molar-refractivity contribution in [2.24, 2.45) is 0 Å². The Hall–Kier alpha value is -1.56. The van der Waals surface area contributed by atoms with Gasteiger partial charge in [-0.15, -0.1) is 11.3 Å². The van der Waals surface area contributed by atoms with Crippen molar-refractivity contribution in [2.75, 3.05) is 24.6 Å². The number of thiazole rings is 1. The molecule has 0 aliphatic carbocycles. The summed E-state index contributed by atoms with van der Waals surface area (Å²) in [5.74, 6) is -0.238. The van der Waals surface area contributed by atoms with Gasteiger partial charge in [0, 0.05) is 18.2 Å². The molecule has 4 heterocycles. The van der Waals surface area contributed by atoms with Gasteiger partial charge in [0.15, 0.2) is 5.13 Å². The summed E-state index contributed by atoms with van der Waals surface area (Å²) in [6, 6.07) is 6.30. The first-order valence-electron chi connectivity index (χ1n) is 11.4. The number of rotatable bonds is 6. The van der Waals surface area contributed by atoms with Crippen molar-refractivity contribution < 1.29 is 17.9 Å². The molecule has 5 rings (SSSR count). The predicted molar refractivity (Wildman–Crippen MR) is 137 cm³/mol. The molecular formula is C23H26ClN3O4S3. The van der Waals surface area contributed by atoms with Gasteiger partial charge in [-0.3, -0.25) is 9.69 Å². The molecule has 2 aliphatic heterocycles. The second-order valence-corrected chi connectivity index (χ2v) is 13.1. The van der Waals surface area contributed by atoms with Crippen LogP contribution in [0.2, 0.25) is 5.02 Å². The van der Waals surface area contributed by atoms with Crippen molar-refractivity contribution in [1.29, 1.82) is 0 Å². The molecule has 2 unspecified atom stereocenters. The van der Waals surface area contributed by atoms with E-state index in [0.29, 0.717) is 36.3 Å². The van der Waals surface area contributed by atoms with Crippen molar-refractivity contribution in [3.8, 4) is 0 Å². The highest BCUT2D eigenvalue weighted by Crippen LogP contribution is 2.36. The maximum absolute atomic E-state index is 14.1. The van der Waals surface area contributed by atoms with Gasteiger partial charge in [0.25, 0.3) is 10.0 Å². The standard InChI is InChI=1S/C23H26ClN3O4S3/c1-15-17(24)9-10-19-21(15)25-23(33-19)26(14-16-6-4-12-31-16)22(28)18-7-2-3-11-27(18)34(29,30)20-8-5-13-32-20/h5,8-10,13,16,18H,2-4,6-7,11-12,14H2,1H3. The molecule has 1 aromatic carbocycles. The van der Waals surface area contributed by atoms with Gasteiger partial charge in [-0.1, -0.05) is 35.4 Å². The fraction of sp³-hybridized carbons (Fsp3) is 0.478. The van der Waals surface area contributed by atoms with Gasteiger partial charge in [-0.05, 0) is 61.7 Å². The molecule has 0 saturated carbocycles. The van der Waals surface area contributed by atoms with E-state index in [1.165, 1.54) is 27.0 Å². The van der Waals surface area contributed by atoms with Gasteiger partial charge in [-0.2, -0.15) is 4.31 Å². The number of halogens is 1. The molecule has 11 heteroatoms. The zero-order valence-corrected chi connectivity index (χ0v) is 22.0. The summed E-state index contributed by atoms with van der Waals surface area (Å²) in [5.41, 5.74) is 1.63. The summed E-state index contributed by atoms with van der Waals surface area (Å²) >= 11 is 8.91. The number of aromatic nitrogens is 1. The maximum atomic E-state index is 14.1. The largest absolute Gasteiger partial charge is 0.376 e. The van der Waals surface area contributed by atoms with E-state index in [4.69, 9.17) is 21.3 Å². The first kappa shape index (κ1) is 24.1. The third kappa shape index (κ3) is 4.52. The van der Waals surface area contributed by atoms with Gasteiger partial charge in [0.2, 0.25) is 5.91 Å². The molecule has 3 aromatic rings. The molecule has 0 radical (unpaired) electrons. The van der Waals surface area contributed by atoms with Crippen LogP contribution in [0.3, 0.4) is 0 Å². The first-order chi connectivity index (χ1) is 16.4. The lowest BCUT2D eigenvalue weighted by Gasteiger charge is -2.36. The average Bonchev–Trinajstić information content (AvgIpc) is 3.61. The van der Waals surface area contributed by atoms with Crippen LogP contribution in [0.5, 0.6) is 0 Å². The normalized spacial score (nSPS) is 21.8. The summed E-state index contributed by atoms with van der Waals surface area (Å²) in [4.78, 5) is 20.5. The highest BCUT2D eigenvalue weighted by Gasteiger charge is 2.41. The van der Waals surface area contributed by atoms with Crippen LogP contribution >= 0.6 is 34.3 Å². The lowest BCUT2D eigenvalue weighted by Crippen LogP contribution is -2.54. The lowest BCUT2D eigenvalue weighted by atomic mass is 10.0. The molecular weight excluding hydrogens is 514 g/mol. The van der Waals surface area contributed by atoms with E-state index in [9.17, 15) is 13.2 Å². The van der Waals surface area contributed by atoms with Crippen molar-refractivity contribution in [1.82, 2.24) is 9.29 Å². The summed E-state index contributed by atoms with van der Waals surface area (Å²) in [6.45, 7) is 3.27. The van der Waals surface area contributed by atoms with E-state index in [1.54, 1.807) is 22.4 Å². The van der Waals surface area contributed by atoms with Gasteiger partial charge >= 0.3 is 0 Å². The van der Waals surface area contributed by atoms with E-state index in [1.807, 2.05) is 19.1 Å². The number of anilines is 1. The second kappa shape index (κ2) is 9.83. The minimum Gasteiger partial charge on any atom is -0.376 e. The average molecular weight is 540 g/mol. The van der Waals surface area contributed by atoms with Crippen molar-refractivity contribution in [3.05, 3.63) is 40.2 Å². The number of hydrogen-bond donors (Lipinski definition) is 0. The number of thiophene rings is 1. The van der Waals surface area contributed by atoms with E-state index < -0.39 is 16.1 Å². The highest BCUT2D eigenvalue weighted by atomic mass is 35.5. The molecule has 0 N–H and O–H groups in total. The molecule has 0 bridgehead atoms. The molecule has 7 nitrogen and oxygen atoms in total. The molecule has 2 aromatic heterocycles. The Bertz CT molecular complexity index is 1290. The van der Waals surface area contributed by atoms with Crippen molar-refractivity contribution >= 4 is 65.6 Å². The quantitative estimate of drug-likeness (QED) is 0.436. The van der Waals surface area contributed by atoms with Gasteiger partial charge in [0.1, 0.15) is 10.3 Å². The van der Waals surface area contributed by atoms with Crippen LogP contribution in [0.1, 0.15) is 37.7 Å². The number of carbonyl (C=O) groups is 1. The summed E-state index contributed by atoms with van der Waals surface area (Å²) in [5, 5.41) is 2.92. The smallest absolute Gasteiger partial charge is 0.253 e. The predicted octanol–water partition coefficient (Wildman–Crippen LogP) is 5.08. The number of sulfonamides is 1. The number of nitrogens with zero attached hydrogens (tertiary/aromatic N) is 3. The molecule has 0 spiro atoms. The molecule has 2 atom stereocenters. The van der Waals surface area contributed by atoms with E-state index in [0.717, 1.165) is 41.5 Å². The first-order valence-corrected chi connectivity index (χ1v) is 14.9. The van der Waals surface area contributed by atoms with Gasteiger partial charge in [-0.25, -0.2) is 13.4 Å². The second-order valence-electron chi connectivity index (χ2n) is 8.66. The van der Waals surface area contributed by atoms with Crippen LogP contribution < -0.4 is 4.90 Å². The summed E-state index contributed by atoms with van der Waals surface area (Å²) < 4.78 is 35.2. The molecule has 2 aliphatic rings. The number of carbonyl (C=O) groups excluding carboxylic acids is 1. The third-order valence-corrected chi connectivity index (χ3v) is 11.2. The molecule has 2 saturated heterocycles. The Morgan fingerprint density at radius 3 is 2.85 bits per heavy atom. The zero-order chi connectivity index (χ0) is 23.9. The number of ether oxygens (including phenoxy) is 1. The van der Waals surface area contributed by atoms with Crippen molar-refractivity contribution in [3.63, 3.8) is 0 Å². The van der Waals surface area contributed by atoms with Crippen LogP contribution in [-0.4, -0.2) is 55.5 Å². The van der Waals surface area contributed by atoms with Crippen LogP contribution in [0.15, 0.2) is 33.9 Å².